The van der Waals surface area contributed by atoms with Gasteiger partial charge in [0, 0.05) is 28.3 Å². The number of hydrogen-bond acceptors (Lipinski definition) is 3. The first kappa shape index (κ1) is 19.8. The molecule has 0 saturated heterocycles. The van der Waals surface area contributed by atoms with Crippen molar-refractivity contribution in [3.05, 3.63) is 137 Å². The lowest BCUT2D eigenvalue weighted by Gasteiger charge is -2.12. The number of pyridine rings is 1. The van der Waals surface area contributed by atoms with E-state index in [1.54, 1.807) is 0 Å². The van der Waals surface area contributed by atoms with Gasteiger partial charge in [0.1, 0.15) is 0 Å². The smallest absolute Gasteiger partial charge is 0.0975 e. The maximum atomic E-state index is 4.87. The van der Waals surface area contributed by atoms with Gasteiger partial charge in [-0.25, -0.2) is 15.0 Å². The Morgan fingerprint density at radius 1 is 0.457 bits per heavy atom. The van der Waals surface area contributed by atoms with E-state index in [9.17, 15) is 0 Å². The molecule has 0 bridgehead atoms. The summed E-state index contributed by atoms with van der Waals surface area (Å²) < 4.78 is 0. The van der Waals surface area contributed by atoms with Crippen LogP contribution in [0.1, 0.15) is 11.1 Å². The molecule has 1 aromatic heterocycles. The zero-order chi connectivity index (χ0) is 23.2. The van der Waals surface area contributed by atoms with E-state index in [-0.39, 0.29) is 0 Å². The molecular weight excluding hydrogens is 426 g/mol. The first-order valence-electron chi connectivity index (χ1n) is 11.8. The van der Waals surface area contributed by atoms with Gasteiger partial charge in [0.2, 0.25) is 0 Å². The van der Waals surface area contributed by atoms with Crippen LogP contribution in [0, 0.1) is 0 Å². The topological polar surface area (TPSA) is 37.6 Å². The minimum atomic E-state index is 0.939. The van der Waals surface area contributed by atoms with Gasteiger partial charge in [-0.15, -0.1) is 0 Å². The van der Waals surface area contributed by atoms with Gasteiger partial charge < -0.3 is 0 Å². The van der Waals surface area contributed by atoms with Crippen LogP contribution in [0.25, 0.3) is 32.9 Å². The summed E-state index contributed by atoms with van der Waals surface area (Å²) in [4.78, 5) is 14.3. The lowest BCUT2D eigenvalue weighted by Crippen LogP contribution is -2.31. The predicted octanol–water partition coefficient (Wildman–Crippen LogP) is 6.86. The fourth-order valence-electron chi connectivity index (χ4n) is 4.95. The molecule has 3 heteroatoms. The zero-order valence-electron chi connectivity index (χ0n) is 19.0. The Morgan fingerprint density at radius 2 is 1.09 bits per heavy atom. The van der Waals surface area contributed by atoms with Crippen molar-refractivity contribution in [2.75, 3.05) is 0 Å². The molecular formula is C32H21N3. The second-order valence-corrected chi connectivity index (χ2v) is 8.89. The van der Waals surface area contributed by atoms with Crippen LogP contribution in [0.5, 0.6) is 0 Å². The van der Waals surface area contributed by atoms with Crippen LogP contribution in [0.4, 0.5) is 11.4 Å². The molecule has 35 heavy (non-hydrogen) atoms. The SMILES string of the molecule is c1ccc2c(c1)Cc1ccc3c(c1=N2)=Nc1ccccc1-3.c1ccc2nc3ccccc3cc2c1. The van der Waals surface area contributed by atoms with Gasteiger partial charge >= 0.3 is 0 Å². The van der Waals surface area contributed by atoms with Crippen LogP contribution in [0.2, 0.25) is 0 Å². The van der Waals surface area contributed by atoms with Gasteiger partial charge in [-0.2, -0.15) is 0 Å². The summed E-state index contributed by atoms with van der Waals surface area (Å²) in [6.07, 6.45) is 0.939. The summed E-state index contributed by atoms with van der Waals surface area (Å²) >= 11 is 0. The molecule has 2 aliphatic heterocycles. The highest BCUT2D eigenvalue weighted by atomic mass is 14.8. The molecule has 0 amide bonds. The molecule has 0 radical (unpaired) electrons. The maximum absolute atomic E-state index is 4.87. The number of nitrogens with zero attached hydrogens (tertiary/aromatic N) is 3. The summed E-state index contributed by atoms with van der Waals surface area (Å²) in [5.41, 5.74) is 9.22. The van der Waals surface area contributed by atoms with E-state index in [1.165, 1.54) is 33.0 Å². The van der Waals surface area contributed by atoms with E-state index >= 15 is 0 Å². The van der Waals surface area contributed by atoms with Crippen LogP contribution in [-0.2, 0) is 6.42 Å². The van der Waals surface area contributed by atoms with Gasteiger partial charge in [0.05, 0.1) is 33.1 Å². The number of fused-ring (bicyclic) bond motifs is 8. The Labute approximate surface area is 202 Å². The minimum Gasteiger partial charge on any atom is -0.248 e. The second kappa shape index (κ2) is 8.00. The molecule has 3 nitrogen and oxygen atoms in total. The van der Waals surface area contributed by atoms with E-state index in [4.69, 9.17) is 9.98 Å². The Hall–Kier alpha value is -4.63. The molecule has 5 aromatic carbocycles. The Kier molecular flexibility index (Phi) is 4.52. The van der Waals surface area contributed by atoms with Gasteiger partial charge in [-0.3, -0.25) is 0 Å². The maximum Gasteiger partial charge on any atom is 0.0975 e. The molecule has 0 fully saturated rings. The molecule has 164 valence electrons. The quantitative estimate of drug-likeness (QED) is 0.234. The predicted molar refractivity (Wildman–Crippen MR) is 142 cm³/mol. The molecule has 2 aliphatic rings. The van der Waals surface area contributed by atoms with Crippen LogP contribution in [-0.4, -0.2) is 4.98 Å². The van der Waals surface area contributed by atoms with Crippen molar-refractivity contribution in [1.82, 2.24) is 4.98 Å². The normalized spacial score (nSPS) is 12.3. The third-order valence-electron chi connectivity index (χ3n) is 6.69. The fourth-order valence-corrected chi connectivity index (χ4v) is 4.95. The van der Waals surface area contributed by atoms with Crippen molar-refractivity contribution < 1.29 is 0 Å². The van der Waals surface area contributed by atoms with Crippen molar-refractivity contribution in [3.8, 4) is 11.1 Å². The molecule has 0 aliphatic carbocycles. The van der Waals surface area contributed by atoms with Crippen LogP contribution in [0.3, 0.4) is 0 Å². The first-order chi connectivity index (χ1) is 17.3. The number of aromatic nitrogens is 1. The molecule has 0 atom stereocenters. The first-order valence-corrected chi connectivity index (χ1v) is 11.8. The van der Waals surface area contributed by atoms with Gasteiger partial charge in [-0.05, 0) is 41.5 Å². The third kappa shape index (κ3) is 3.41. The van der Waals surface area contributed by atoms with Crippen molar-refractivity contribution >= 4 is 33.2 Å². The summed E-state index contributed by atoms with van der Waals surface area (Å²) in [5, 5.41) is 4.48. The van der Waals surface area contributed by atoms with E-state index in [0.29, 0.717) is 0 Å². The van der Waals surface area contributed by atoms with E-state index < -0.39 is 0 Å². The average Bonchev–Trinajstić information content (AvgIpc) is 3.30. The fraction of sp³-hybridized carbons (Fsp3) is 0.0312. The van der Waals surface area contributed by atoms with Crippen LogP contribution >= 0.6 is 0 Å². The standard InChI is InChI=1S/C19H12N2.C13H9N/c1-3-7-16-12(5-1)11-13-9-10-15-14-6-2-4-8-17(14)21-19(15)18(13)20-16;1-3-7-12-10(5-1)9-11-6-2-4-8-13(11)14-12/h1-10H,11H2;1-9H. The van der Waals surface area contributed by atoms with E-state index in [0.717, 1.165) is 39.5 Å². The molecule has 0 saturated carbocycles. The summed E-state index contributed by atoms with van der Waals surface area (Å²) in [6.45, 7) is 0. The summed E-state index contributed by atoms with van der Waals surface area (Å²) in [6, 6.07) is 39.6. The molecule has 0 spiro atoms. The largest absolute Gasteiger partial charge is 0.248 e. The highest BCUT2D eigenvalue weighted by Crippen LogP contribution is 2.32. The molecule has 3 heterocycles. The van der Waals surface area contributed by atoms with Crippen molar-refractivity contribution in [2.24, 2.45) is 9.98 Å². The Balaban J connectivity index is 0.000000131. The van der Waals surface area contributed by atoms with Crippen LogP contribution in [0.15, 0.2) is 125 Å². The van der Waals surface area contributed by atoms with E-state index in [1.807, 2.05) is 48.5 Å². The molecule has 0 unspecified atom stereocenters. The summed E-state index contributed by atoms with van der Waals surface area (Å²) in [7, 11) is 0. The Bertz CT molecular complexity index is 1780. The van der Waals surface area contributed by atoms with Crippen molar-refractivity contribution in [2.45, 2.75) is 6.42 Å². The van der Waals surface area contributed by atoms with E-state index in [2.05, 4.69) is 71.7 Å². The molecule has 0 N–H and O–H groups in total. The third-order valence-corrected chi connectivity index (χ3v) is 6.69. The number of para-hydroxylation sites is 4. The molecule has 6 aromatic rings. The van der Waals surface area contributed by atoms with Crippen molar-refractivity contribution in [3.63, 3.8) is 0 Å². The lowest BCUT2D eigenvalue weighted by molar-refractivity contribution is 1.06. The highest BCUT2D eigenvalue weighted by Gasteiger charge is 2.18. The van der Waals surface area contributed by atoms with Gasteiger partial charge in [0.25, 0.3) is 0 Å². The highest BCUT2D eigenvalue weighted by molar-refractivity contribution is 5.92. The number of hydrogen-bond donors (Lipinski definition) is 0. The molecule has 8 rings (SSSR count). The van der Waals surface area contributed by atoms with Gasteiger partial charge in [0.15, 0.2) is 0 Å². The number of benzene rings is 5. The van der Waals surface area contributed by atoms with Crippen LogP contribution < -0.4 is 10.7 Å². The lowest BCUT2D eigenvalue weighted by atomic mass is 9.97. The second-order valence-electron chi connectivity index (χ2n) is 8.89. The zero-order valence-corrected chi connectivity index (χ0v) is 19.0. The van der Waals surface area contributed by atoms with Gasteiger partial charge in [-0.1, -0.05) is 84.9 Å². The van der Waals surface area contributed by atoms with Crippen molar-refractivity contribution in [1.29, 1.82) is 0 Å². The minimum absolute atomic E-state index is 0.939. The Morgan fingerprint density at radius 3 is 1.89 bits per heavy atom. The number of rotatable bonds is 0. The average molecular weight is 448 g/mol. The monoisotopic (exact) mass is 447 g/mol. The summed E-state index contributed by atoms with van der Waals surface area (Å²) in [5.74, 6) is 0.